The predicted molar refractivity (Wildman–Crippen MR) is 287 cm³/mol. The second kappa shape index (κ2) is 28.5. The number of esters is 3. The van der Waals surface area contributed by atoms with Crippen molar-refractivity contribution in [3.05, 3.63) is 130 Å². The topological polar surface area (TPSA) is 154 Å². The van der Waals surface area contributed by atoms with E-state index >= 15 is 0 Å². The zero-order valence-corrected chi connectivity index (χ0v) is 48.4. The zero-order valence-electron chi connectivity index (χ0n) is 50.5. The summed E-state index contributed by atoms with van der Waals surface area (Å²) in [4.78, 5) is 37.8. The van der Waals surface area contributed by atoms with E-state index in [1.54, 1.807) is 6.07 Å². The Labute approximate surface area is 483 Å². The normalized spacial score (nSPS) is 17.5. The Kier molecular flexibility index (Phi) is 21.4. The molecule has 0 aromatic heterocycles. The first-order valence-electron chi connectivity index (χ1n) is 28.1. The third kappa shape index (κ3) is 15.7. The predicted octanol–water partition coefficient (Wildman–Crippen LogP) is 9.47. The van der Waals surface area contributed by atoms with Gasteiger partial charge in [0, 0.05) is 86.3 Å². The summed E-state index contributed by atoms with van der Waals surface area (Å²) in [5.74, 6) is -0.671. The van der Waals surface area contributed by atoms with Gasteiger partial charge in [-0.05, 0) is 131 Å². The molecule has 14 heteroatoms. The Balaban J connectivity index is 0.00000194. The van der Waals surface area contributed by atoms with Crippen molar-refractivity contribution in [2.75, 3.05) is 44.6 Å². The van der Waals surface area contributed by atoms with Gasteiger partial charge in [0.2, 0.25) is 5.69 Å². The summed E-state index contributed by atoms with van der Waals surface area (Å²) in [5.41, 5.74) is 11.8. The largest absolute Gasteiger partial charge is 1.00 e. The van der Waals surface area contributed by atoms with E-state index < -0.39 is 22.9 Å². The Morgan fingerprint density at radius 1 is 0.806 bits per heavy atom. The number of unbranched alkanes of at least 4 members (excludes halogenated alkanes) is 4. The summed E-state index contributed by atoms with van der Waals surface area (Å²) in [5, 5.41) is 3.82. The van der Waals surface area contributed by atoms with Gasteiger partial charge >= 0.3 is 69.3 Å². The fraction of sp³-hybridized carbons (Fsp3) is 0.483. The molecule has 1 aliphatic carbocycles. The molecule has 2 heterocycles. The van der Waals surface area contributed by atoms with Gasteiger partial charge in [-0.25, -0.2) is 8.42 Å². The average Bonchev–Trinajstić information content (AvgIpc) is 3.74. The van der Waals surface area contributed by atoms with Crippen LogP contribution >= 0.6 is 0 Å². The van der Waals surface area contributed by atoms with Crippen LogP contribution in [0.1, 0.15) is 157 Å². The molecular weight excluding hydrogens is 954 g/mol. The summed E-state index contributed by atoms with van der Waals surface area (Å²) < 4.78 is 88.8. The van der Waals surface area contributed by atoms with E-state index in [1.807, 2.05) is 24.3 Å². The van der Waals surface area contributed by atoms with Crippen molar-refractivity contribution < 1.29 is 106 Å². The van der Waals surface area contributed by atoms with Gasteiger partial charge in [0.25, 0.3) is 0 Å². The molecule has 0 saturated carbocycles. The average molecular weight is 1040 g/mol. The van der Waals surface area contributed by atoms with E-state index in [4.69, 9.17) is 22.4 Å². The molecule has 6 rings (SSSR count). The molecule has 12 nitrogen and oxygen atoms in total. The smallest absolute Gasteiger partial charge is 0.744 e. The van der Waals surface area contributed by atoms with Gasteiger partial charge in [-0.3, -0.25) is 14.4 Å². The van der Waals surface area contributed by atoms with Crippen LogP contribution in [0, 0.1) is 6.92 Å². The molecule has 0 unspecified atom stereocenters. The minimum atomic E-state index is -4.68. The maximum atomic E-state index is 12.2. The molecule has 3 aromatic rings. The van der Waals surface area contributed by atoms with Crippen LogP contribution in [0.5, 0.6) is 0 Å². The number of carbonyl (C=O) groups excluding carboxylic acids is 3. The molecule has 388 valence electrons. The van der Waals surface area contributed by atoms with E-state index in [0.29, 0.717) is 38.6 Å². The first-order valence-corrected chi connectivity index (χ1v) is 25.3. The van der Waals surface area contributed by atoms with Gasteiger partial charge in [0.05, 0.1) is 31.6 Å². The number of aryl methyl sites for hydroxylation is 2. The van der Waals surface area contributed by atoms with E-state index in [0.717, 1.165) is 103 Å². The van der Waals surface area contributed by atoms with Crippen LogP contribution in [0.2, 0.25) is 0 Å². The van der Waals surface area contributed by atoms with Crippen molar-refractivity contribution in [3.8, 4) is 0 Å². The molecule has 0 amide bonds. The van der Waals surface area contributed by atoms with E-state index in [2.05, 4.69) is 91.9 Å². The number of carbonyl (C=O) groups is 3. The van der Waals surface area contributed by atoms with Crippen molar-refractivity contribution in [2.45, 2.75) is 156 Å². The van der Waals surface area contributed by atoms with E-state index in [-0.39, 0.29) is 87.0 Å². The molecule has 3 aromatic carbocycles. The maximum Gasteiger partial charge on any atom is 1.00 e. The Bertz CT molecular complexity index is 2740. The minimum absolute atomic E-state index is 0. The van der Waals surface area contributed by atoms with Crippen LogP contribution in [0.3, 0.4) is 0 Å². The molecule has 0 radical (unpaired) electrons. The summed E-state index contributed by atoms with van der Waals surface area (Å²) >= 11 is 0. The number of ether oxygens (including phenoxy) is 3. The fourth-order valence-corrected chi connectivity index (χ4v) is 10.2. The standard InChI is InChI=1S/C55H69N3O9S.3CH4.K/c1-38-20-29-46-44(36-38)54(2,3)48(57(46)34-13-9-11-18-50(59)65-6)31-24-40-16-15-17-41(53(40)56-42-26-21-39(22-27-42)23-33-52(61)67-8)25-32-49-55(4,5)45-37-43(68(62,63)64)28-30-47(45)58(49)35-14-10-12-19-51(60)66-7;;;;/h20-22,24-32,36-37H,9-19,23,33-35H2,1-8H3,(H,62,63,64);3*1H4;/q;;;;+1/i;1D3;1D2;1D;. The van der Waals surface area contributed by atoms with Gasteiger partial charge in [0.1, 0.15) is 16.7 Å². The number of anilines is 2. The molecule has 2 aliphatic heterocycles. The number of nitrogens with one attached hydrogen (secondary N) is 1. The molecule has 0 fully saturated rings. The van der Waals surface area contributed by atoms with Crippen LogP contribution < -0.4 is 61.6 Å². The number of nitrogens with zero attached hydrogens (tertiary/aromatic N) is 2. The van der Waals surface area contributed by atoms with Gasteiger partial charge in [-0.15, -0.1) is 0 Å². The van der Waals surface area contributed by atoms with Crippen LogP contribution in [-0.4, -0.2) is 75.6 Å². The number of rotatable bonds is 21. The summed E-state index contributed by atoms with van der Waals surface area (Å²) in [6.07, 6.45) is 18.0. The minimum Gasteiger partial charge on any atom is -0.744 e. The quantitative estimate of drug-likeness (QED) is 0.0271. The van der Waals surface area contributed by atoms with Crippen molar-refractivity contribution >= 4 is 50.8 Å². The first-order chi connectivity index (χ1) is 36.5. The number of allylic oxidation sites excluding steroid dienone is 7. The van der Waals surface area contributed by atoms with E-state index in [1.165, 1.54) is 63.4 Å². The zero-order chi connectivity index (χ0) is 57.5. The van der Waals surface area contributed by atoms with Crippen LogP contribution in [0.15, 0.2) is 112 Å². The van der Waals surface area contributed by atoms with Gasteiger partial charge in [0.15, 0.2) is 5.71 Å². The first kappa shape index (κ1) is 54.1. The fourth-order valence-electron chi connectivity index (χ4n) is 9.74. The molecule has 0 spiro atoms. The van der Waals surface area contributed by atoms with Crippen molar-refractivity contribution in [3.63, 3.8) is 0 Å². The summed E-state index contributed by atoms with van der Waals surface area (Å²) in [6.45, 7) is 12.3. The Hall–Kier alpha value is -4.15. The maximum absolute atomic E-state index is 12.2. The molecule has 0 bridgehead atoms. The van der Waals surface area contributed by atoms with Crippen LogP contribution in [0.25, 0.3) is 0 Å². The number of benzene rings is 3. The summed E-state index contributed by atoms with van der Waals surface area (Å²) in [7, 11) is -0.878. The monoisotopic (exact) mass is 1040 g/mol. The van der Waals surface area contributed by atoms with Gasteiger partial charge in [-0.1, -0.05) is 84.4 Å². The van der Waals surface area contributed by atoms with E-state index in [9.17, 15) is 27.4 Å². The van der Waals surface area contributed by atoms with Crippen LogP contribution in [0.4, 0.5) is 17.1 Å². The molecule has 1 N–H and O–H groups in total. The molecule has 72 heavy (non-hydrogen) atoms. The van der Waals surface area contributed by atoms with Crippen molar-refractivity contribution in [1.29, 1.82) is 0 Å². The number of hydrogen-bond acceptors (Lipinski definition) is 11. The second-order valence-corrected chi connectivity index (χ2v) is 20.5. The molecular formula is C58H81KN3O9S+. The van der Waals surface area contributed by atoms with Crippen LogP contribution in [-0.2, 0) is 56.0 Å². The Morgan fingerprint density at radius 3 is 2.06 bits per heavy atom. The molecule has 3 aliphatic rings. The van der Waals surface area contributed by atoms with Crippen molar-refractivity contribution in [2.24, 2.45) is 0 Å². The second-order valence-electron chi connectivity index (χ2n) is 19.1. The molecule has 0 atom stereocenters. The third-order valence-electron chi connectivity index (χ3n) is 13.7. The number of methoxy groups -OCH3 is 3. The third-order valence-corrected chi connectivity index (χ3v) is 14.5. The molecule has 0 saturated heterocycles. The van der Waals surface area contributed by atoms with Gasteiger partial charge < -0.3 is 29.0 Å². The van der Waals surface area contributed by atoms with Crippen molar-refractivity contribution in [1.82, 2.24) is 0 Å². The Morgan fingerprint density at radius 2 is 1.43 bits per heavy atom. The van der Waals surface area contributed by atoms with Gasteiger partial charge in [-0.2, -0.15) is 4.58 Å². The summed E-state index contributed by atoms with van der Waals surface area (Å²) in [6, 6.07) is 19.5. The number of hydrogen-bond donors (Lipinski definition) is 1. The SMILES string of the molecule is COC(=O)CCCCCN1C(=CC=C2CCCC(C=CC3=[N+](CCCCCC(=O)OC)c4ccc(S(=O)(=O)[O-])cc4C3(C)C)=C2Nc2ccc(CCC(=O)OC)cc2)C(C)(C)c2cc(C)ccc21.[2H]C.[2H]C([2H])[2H].[2H]C[2H].[K+]. The number of fused-ring (bicyclic) bond motifs is 2.